The molecule has 1 fully saturated rings. The number of anilines is 2. The molecule has 1 unspecified atom stereocenters. The van der Waals surface area contributed by atoms with Crippen LogP contribution in [0.25, 0.3) is 28.1 Å². The lowest BCUT2D eigenvalue weighted by atomic mass is 9.98. The Morgan fingerprint density at radius 2 is 1.44 bits per heavy atom. The van der Waals surface area contributed by atoms with Crippen LogP contribution in [-0.2, 0) is 49.0 Å². The van der Waals surface area contributed by atoms with E-state index in [2.05, 4.69) is 32.6 Å². The Labute approximate surface area is 416 Å². The van der Waals surface area contributed by atoms with E-state index in [9.17, 15) is 37.1 Å². The number of carbonyl (C=O) groups excluding carboxylic acids is 4. The number of carbonyl (C=O) groups is 4. The van der Waals surface area contributed by atoms with Gasteiger partial charge in [0.25, 0.3) is 5.56 Å². The van der Waals surface area contributed by atoms with Gasteiger partial charge in [0.05, 0.1) is 76.2 Å². The van der Waals surface area contributed by atoms with Crippen LogP contribution >= 0.6 is 0 Å². The van der Waals surface area contributed by atoms with E-state index in [0.29, 0.717) is 80.7 Å². The lowest BCUT2D eigenvalue weighted by Gasteiger charge is -2.37. The van der Waals surface area contributed by atoms with Crippen LogP contribution in [0.1, 0.15) is 30.4 Å². The molecule has 0 aliphatic carbocycles. The summed E-state index contributed by atoms with van der Waals surface area (Å²) >= 11 is 0. The predicted molar refractivity (Wildman–Crippen MR) is 266 cm³/mol. The second-order valence-corrected chi connectivity index (χ2v) is 16.5. The number of ether oxygens (including phenoxy) is 5. The highest BCUT2D eigenvalue weighted by Crippen LogP contribution is 2.41. The number of rotatable bonds is 30. The van der Waals surface area contributed by atoms with E-state index in [1.807, 2.05) is 6.07 Å². The quantitative estimate of drug-likeness (QED) is 0.0332. The van der Waals surface area contributed by atoms with Crippen molar-refractivity contribution >= 4 is 47.9 Å². The molecule has 0 saturated carbocycles. The van der Waals surface area contributed by atoms with Crippen LogP contribution in [0.4, 0.5) is 30.4 Å². The number of nitrogens with one attached hydrogen (secondary N) is 3. The second-order valence-electron chi connectivity index (χ2n) is 16.5. The third-order valence-electron chi connectivity index (χ3n) is 11.5. The van der Waals surface area contributed by atoms with Gasteiger partial charge < -0.3 is 60.0 Å². The molecule has 1 aliphatic heterocycles. The Morgan fingerprint density at radius 1 is 0.806 bits per heavy atom. The van der Waals surface area contributed by atoms with Crippen LogP contribution < -0.4 is 32.1 Å². The molecule has 2 aromatic heterocycles. The molecule has 0 bridgehead atoms. The number of nitrogen functional groups attached to an aromatic ring is 1. The topological polar surface area (TPSA) is 230 Å². The first-order valence-corrected chi connectivity index (χ1v) is 23.6. The fourth-order valence-corrected chi connectivity index (χ4v) is 7.67. The van der Waals surface area contributed by atoms with Crippen molar-refractivity contribution in [2.75, 3.05) is 123 Å². The molecular weight excluding hydrogens is 944 g/mol. The van der Waals surface area contributed by atoms with Crippen LogP contribution in [0.15, 0.2) is 76.6 Å². The molecular formula is C50H64F3N9O10. The minimum absolute atomic E-state index is 0.0197. The fourth-order valence-electron chi connectivity index (χ4n) is 7.67. The van der Waals surface area contributed by atoms with Crippen LogP contribution in [-0.4, -0.2) is 164 Å². The number of pyridine rings is 2. The third kappa shape index (κ3) is 17.3. The number of piperazine rings is 1. The number of alkyl halides is 3. The molecule has 4 aromatic rings. The zero-order valence-corrected chi connectivity index (χ0v) is 40.7. The molecule has 0 radical (unpaired) electrons. The van der Waals surface area contributed by atoms with Crippen LogP contribution in [0.5, 0.6) is 0 Å². The van der Waals surface area contributed by atoms with E-state index >= 15 is 0 Å². The molecule has 390 valence electrons. The summed E-state index contributed by atoms with van der Waals surface area (Å²) in [5.74, 6) is -0.351. The summed E-state index contributed by atoms with van der Waals surface area (Å²) in [6.45, 7) is 9.92. The largest absolute Gasteiger partial charge is 0.418 e. The fraction of sp³-hybridized carbons (Fsp3) is 0.460. The van der Waals surface area contributed by atoms with Gasteiger partial charge in [-0.2, -0.15) is 13.2 Å². The van der Waals surface area contributed by atoms with E-state index in [1.54, 1.807) is 53.3 Å². The maximum atomic E-state index is 14.9. The van der Waals surface area contributed by atoms with Gasteiger partial charge >= 0.3 is 6.18 Å². The van der Waals surface area contributed by atoms with E-state index in [1.165, 1.54) is 29.9 Å². The van der Waals surface area contributed by atoms with E-state index in [0.717, 1.165) is 17.2 Å². The van der Waals surface area contributed by atoms with Gasteiger partial charge in [-0.05, 0) is 67.2 Å². The zero-order valence-electron chi connectivity index (χ0n) is 40.7. The number of halogens is 3. The van der Waals surface area contributed by atoms with Gasteiger partial charge in [0, 0.05) is 107 Å². The van der Waals surface area contributed by atoms with Gasteiger partial charge in [0.15, 0.2) is 0 Å². The summed E-state index contributed by atoms with van der Waals surface area (Å²) in [5, 5.41) is 8.37. The Kier molecular flexibility index (Phi) is 22.8. The molecule has 3 heterocycles. The summed E-state index contributed by atoms with van der Waals surface area (Å²) < 4.78 is 72.9. The summed E-state index contributed by atoms with van der Waals surface area (Å²) in [4.78, 5) is 72.8. The number of aldehydes is 1. The third-order valence-corrected chi connectivity index (χ3v) is 11.5. The van der Waals surface area contributed by atoms with Gasteiger partial charge in [-0.3, -0.25) is 28.7 Å². The molecule has 1 saturated heterocycles. The lowest BCUT2D eigenvalue weighted by molar-refractivity contribution is -0.137. The lowest BCUT2D eigenvalue weighted by Crippen LogP contribution is -2.49. The van der Waals surface area contributed by atoms with E-state index in [4.69, 9.17) is 29.4 Å². The number of aromatic nitrogens is 2. The number of methoxy groups -OCH3 is 1. The molecule has 22 heteroatoms. The zero-order chi connectivity index (χ0) is 51.9. The minimum atomic E-state index is -4.77. The Bertz CT molecular complexity index is 2470. The van der Waals surface area contributed by atoms with Crippen LogP contribution in [0.3, 0.4) is 0 Å². The predicted octanol–water partition coefficient (Wildman–Crippen LogP) is 3.73. The number of nitrogens with two attached hydrogens (primary N) is 1. The number of hydrogen-bond donors (Lipinski definition) is 4. The molecule has 5 N–H and O–H groups in total. The highest BCUT2D eigenvalue weighted by Gasteiger charge is 2.37. The van der Waals surface area contributed by atoms with Gasteiger partial charge in [0.1, 0.15) is 18.2 Å². The SMILES string of the molecule is C=Nc1ccc(-c2ccc(N)nc2)cc1-c1c(C)ccc(=O)n1-c1ccc(N2CCN(C(=O)CCOCCOCCOCCOCCNC(=O)CCC(=O)NCCNCC(C=O)OC)CC2)c(C(F)(F)F)c1. The van der Waals surface area contributed by atoms with Crippen LogP contribution in [0, 0.1) is 6.92 Å². The van der Waals surface area contributed by atoms with Gasteiger partial charge in [-0.15, -0.1) is 0 Å². The molecule has 2 aromatic carbocycles. The number of aryl methyl sites for hydroxylation is 1. The van der Waals surface area contributed by atoms with Gasteiger partial charge in [-0.1, -0.05) is 12.1 Å². The number of hydrogen-bond acceptors (Lipinski definition) is 15. The summed E-state index contributed by atoms with van der Waals surface area (Å²) in [7, 11) is 1.44. The average molecular weight is 1010 g/mol. The molecule has 72 heavy (non-hydrogen) atoms. The van der Waals surface area contributed by atoms with Crippen molar-refractivity contribution in [3.05, 3.63) is 88.3 Å². The van der Waals surface area contributed by atoms with Crippen molar-refractivity contribution in [1.29, 1.82) is 0 Å². The molecule has 0 spiro atoms. The Balaban J connectivity index is 0.968. The summed E-state index contributed by atoms with van der Waals surface area (Å²) in [6.07, 6.45) is -2.81. The van der Waals surface area contributed by atoms with Crippen LogP contribution in [0.2, 0.25) is 0 Å². The number of nitrogens with zero attached hydrogens (tertiary/aromatic N) is 5. The van der Waals surface area contributed by atoms with Gasteiger partial charge in [-0.25, -0.2) is 4.98 Å². The first kappa shape index (κ1) is 56.4. The van der Waals surface area contributed by atoms with E-state index < -0.39 is 23.4 Å². The molecule has 19 nitrogen and oxygen atoms in total. The van der Waals surface area contributed by atoms with E-state index in [-0.39, 0.29) is 108 Å². The van der Waals surface area contributed by atoms with Crippen molar-refractivity contribution in [2.45, 2.75) is 38.5 Å². The number of benzene rings is 2. The van der Waals surface area contributed by atoms with Gasteiger partial charge in [0.2, 0.25) is 17.7 Å². The Hall–Kier alpha value is -6.56. The normalized spacial score (nSPS) is 13.2. The number of amides is 3. The first-order valence-electron chi connectivity index (χ1n) is 23.6. The minimum Gasteiger partial charge on any atom is -0.384 e. The molecule has 1 atom stereocenters. The monoisotopic (exact) mass is 1010 g/mol. The highest BCUT2D eigenvalue weighted by molar-refractivity contribution is 5.84. The van der Waals surface area contributed by atoms with Crippen molar-refractivity contribution in [1.82, 2.24) is 30.4 Å². The van der Waals surface area contributed by atoms with Crippen molar-refractivity contribution in [3.63, 3.8) is 0 Å². The molecule has 1 aliphatic rings. The highest BCUT2D eigenvalue weighted by atomic mass is 19.4. The molecule has 3 amide bonds. The summed E-state index contributed by atoms with van der Waals surface area (Å²) in [6, 6.07) is 15.6. The first-order chi connectivity index (χ1) is 34.7. The average Bonchev–Trinajstić information content (AvgIpc) is 3.38. The standard InChI is InChI=1S/C50H64F3N9O10/c1-35-4-13-48(67)62(49(35)40-30-36(5-8-42(40)55-2)37-6-10-44(54)59-32-37)38-7-9-43(41(31-38)50(51,52)53)60-18-20-61(21-19-60)47(66)14-22-69-24-26-71-28-29-72-27-25-70-23-17-58-46(65)12-11-45(64)57-16-15-56-33-39(34-63)68-3/h4-10,13,30-32,34,39,56H,2,11-12,14-29,33H2,1,3H3,(H2,54,59)(H,57,64)(H,58,65). The Morgan fingerprint density at radius 3 is 2.06 bits per heavy atom. The van der Waals surface area contributed by atoms with Crippen molar-refractivity contribution in [3.8, 4) is 28.1 Å². The smallest absolute Gasteiger partial charge is 0.384 e. The number of aliphatic imine (C=N–C) groups is 1. The second kappa shape index (κ2) is 29.1. The maximum Gasteiger partial charge on any atom is 0.418 e. The molecule has 5 rings (SSSR count). The van der Waals surface area contributed by atoms with Crippen molar-refractivity contribution in [2.24, 2.45) is 4.99 Å². The summed E-state index contributed by atoms with van der Waals surface area (Å²) in [5.41, 5.74) is 7.67. The van der Waals surface area contributed by atoms with Crippen molar-refractivity contribution < 1.29 is 56.0 Å². The maximum absolute atomic E-state index is 14.9.